The van der Waals surface area contributed by atoms with Crippen molar-refractivity contribution in [3.8, 4) is 0 Å². The number of hydrogen-bond donors (Lipinski definition) is 1. The van der Waals surface area contributed by atoms with E-state index in [4.69, 9.17) is 0 Å². The largest absolute Gasteiger partial charge is 0.339 e. The molecule has 0 bridgehead atoms. The number of likely N-dealkylation sites (tertiary alicyclic amines) is 1. The number of carbonyl (C=O) groups excluding carboxylic acids is 2. The SMILES string of the molecule is Cc1nn(C)c2ncc(NC(=O)C3CCN(C(=O)c4ccc(F)cc4F)CC3)cc12. The molecule has 7 nitrogen and oxygen atoms in total. The molecule has 1 aliphatic heterocycles. The standard InChI is InChI=1S/C21H21F2N5O2/c1-12-17-10-15(11-24-19(17)27(2)26-12)25-20(29)13-5-7-28(8-6-13)21(30)16-4-3-14(22)9-18(16)23/h3-4,9-11,13H,5-8H2,1-2H3,(H,25,29). The van der Waals surface area contributed by atoms with E-state index in [1.54, 1.807) is 10.9 Å². The fraction of sp³-hybridized carbons (Fsp3) is 0.333. The highest BCUT2D eigenvalue weighted by molar-refractivity contribution is 5.96. The third kappa shape index (κ3) is 3.74. The van der Waals surface area contributed by atoms with Crippen molar-refractivity contribution in [3.05, 3.63) is 53.4 Å². The Bertz CT molecular complexity index is 1140. The van der Waals surface area contributed by atoms with E-state index >= 15 is 0 Å². The Balaban J connectivity index is 1.38. The van der Waals surface area contributed by atoms with Gasteiger partial charge in [0.2, 0.25) is 5.91 Å². The van der Waals surface area contributed by atoms with Crippen molar-refractivity contribution in [1.82, 2.24) is 19.7 Å². The van der Waals surface area contributed by atoms with Crippen molar-refractivity contribution < 1.29 is 18.4 Å². The van der Waals surface area contributed by atoms with Gasteiger partial charge in [0, 0.05) is 37.5 Å². The Morgan fingerprint density at radius 3 is 2.60 bits per heavy atom. The van der Waals surface area contributed by atoms with Gasteiger partial charge in [0.05, 0.1) is 23.1 Å². The maximum Gasteiger partial charge on any atom is 0.256 e. The first-order valence-electron chi connectivity index (χ1n) is 9.68. The fourth-order valence-electron chi connectivity index (χ4n) is 3.80. The molecule has 1 N–H and O–H groups in total. The summed E-state index contributed by atoms with van der Waals surface area (Å²) in [6.07, 6.45) is 2.52. The van der Waals surface area contributed by atoms with E-state index in [9.17, 15) is 18.4 Å². The lowest BCUT2D eigenvalue weighted by atomic mass is 9.95. The van der Waals surface area contributed by atoms with Gasteiger partial charge in [-0.2, -0.15) is 5.10 Å². The molecule has 3 aromatic rings. The van der Waals surface area contributed by atoms with Crippen molar-refractivity contribution in [2.75, 3.05) is 18.4 Å². The zero-order chi connectivity index (χ0) is 21.4. The highest BCUT2D eigenvalue weighted by Gasteiger charge is 2.29. The van der Waals surface area contributed by atoms with Crippen LogP contribution in [0.15, 0.2) is 30.5 Å². The molecule has 2 aromatic heterocycles. The van der Waals surface area contributed by atoms with Crippen LogP contribution in [-0.2, 0) is 11.8 Å². The van der Waals surface area contributed by atoms with Crippen molar-refractivity contribution >= 4 is 28.5 Å². The number of fused-ring (bicyclic) bond motifs is 1. The number of hydrogen-bond acceptors (Lipinski definition) is 4. The Morgan fingerprint density at radius 2 is 1.90 bits per heavy atom. The minimum Gasteiger partial charge on any atom is -0.339 e. The van der Waals surface area contributed by atoms with Crippen LogP contribution in [0.2, 0.25) is 0 Å². The van der Waals surface area contributed by atoms with Gasteiger partial charge in [-0.3, -0.25) is 14.3 Å². The van der Waals surface area contributed by atoms with Gasteiger partial charge in [0.1, 0.15) is 11.6 Å². The number of nitrogens with zero attached hydrogens (tertiary/aromatic N) is 4. The predicted octanol–water partition coefficient (Wildman–Crippen LogP) is 3.05. The second-order valence-electron chi connectivity index (χ2n) is 7.48. The lowest BCUT2D eigenvalue weighted by Gasteiger charge is -2.31. The topological polar surface area (TPSA) is 80.1 Å². The first-order chi connectivity index (χ1) is 14.3. The molecule has 0 spiro atoms. The predicted molar refractivity (Wildman–Crippen MR) is 107 cm³/mol. The molecule has 9 heteroatoms. The van der Waals surface area contributed by atoms with Crippen molar-refractivity contribution in [2.45, 2.75) is 19.8 Å². The van der Waals surface area contributed by atoms with Gasteiger partial charge in [-0.15, -0.1) is 0 Å². The number of anilines is 1. The van der Waals surface area contributed by atoms with E-state index < -0.39 is 17.5 Å². The molecule has 0 unspecified atom stereocenters. The molecule has 0 atom stereocenters. The number of carbonyl (C=O) groups is 2. The summed E-state index contributed by atoms with van der Waals surface area (Å²) in [5.74, 6) is -2.51. The van der Waals surface area contributed by atoms with Crippen LogP contribution in [0.1, 0.15) is 28.9 Å². The number of rotatable bonds is 3. The molecule has 3 heterocycles. The Morgan fingerprint density at radius 1 is 1.17 bits per heavy atom. The zero-order valence-electron chi connectivity index (χ0n) is 16.7. The monoisotopic (exact) mass is 413 g/mol. The Kier molecular flexibility index (Phi) is 5.19. The molecule has 0 aliphatic carbocycles. The number of amides is 2. The minimum atomic E-state index is -0.881. The lowest BCUT2D eigenvalue weighted by Crippen LogP contribution is -2.41. The van der Waals surface area contributed by atoms with E-state index in [2.05, 4.69) is 15.4 Å². The summed E-state index contributed by atoms with van der Waals surface area (Å²) < 4.78 is 28.6. The number of halogens is 2. The maximum absolute atomic E-state index is 13.9. The fourth-order valence-corrected chi connectivity index (χ4v) is 3.80. The van der Waals surface area contributed by atoms with Crippen LogP contribution in [0.3, 0.4) is 0 Å². The van der Waals surface area contributed by atoms with Crippen LogP contribution in [0.5, 0.6) is 0 Å². The van der Waals surface area contributed by atoms with E-state index in [0.717, 1.165) is 28.9 Å². The maximum atomic E-state index is 13.9. The summed E-state index contributed by atoms with van der Waals surface area (Å²) in [6, 6.07) is 4.75. The van der Waals surface area contributed by atoms with Gasteiger partial charge < -0.3 is 10.2 Å². The van der Waals surface area contributed by atoms with Gasteiger partial charge in [-0.1, -0.05) is 0 Å². The van der Waals surface area contributed by atoms with Crippen molar-refractivity contribution in [3.63, 3.8) is 0 Å². The van der Waals surface area contributed by atoms with Crippen molar-refractivity contribution in [2.24, 2.45) is 13.0 Å². The molecule has 156 valence electrons. The molecule has 1 fully saturated rings. The van der Waals surface area contributed by atoms with Crippen LogP contribution in [0, 0.1) is 24.5 Å². The van der Waals surface area contributed by atoms with Crippen LogP contribution < -0.4 is 5.32 Å². The molecule has 4 rings (SSSR count). The average molecular weight is 413 g/mol. The summed E-state index contributed by atoms with van der Waals surface area (Å²) >= 11 is 0. The number of aromatic nitrogens is 3. The number of pyridine rings is 1. The molecule has 1 aliphatic rings. The van der Waals surface area contributed by atoms with Gasteiger partial charge in [0.25, 0.3) is 5.91 Å². The number of benzene rings is 1. The van der Waals surface area contributed by atoms with Gasteiger partial charge in [0.15, 0.2) is 5.65 Å². The van der Waals surface area contributed by atoms with Crippen LogP contribution >= 0.6 is 0 Å². The van der Waals surface area contributed by atoms with Gasteiger partial charge in [-0.25, -0.2) is 13.8 Å². The highest BCUT2D eigenvalue weighted by Crippen LogP contribution is 2.24. The first-order valence-corrected chi connectivity index (χ1v) is 9.68. The van der Waals surface area contributed by atoms with E-state index in [-0.39, 0.29) is 17.4 Å². The summed E-state index contributed by atoms with van der Waals surface area (Å²) in [5, 5.41) is 8.08. The molecular weight excluding hydrogens is 392 g/mol. The van der Waals surface area contributed by atoms with E-state index in [1.165, 1.54) is 4.90 Å². The summed E-state index contributed by atoms with van der Waals surface area (Å²) in [5.41, 5.74) is 2.00. The van der Waals surface area contributed by atoms with Gasteiger partial charge in [-0.05, 0) is 38.0 Å². The number of piperidine rings is 1. The van der Waals surface area contributed by atoms with E-state index in [0.29, 0.717) is 37.7 Å². The molecular formula is C21H21F2N5O2. The van der Waals surface area contributed by atoms with Crippen LogP contribution in [-0.4, -0.2) is 44.6 Å². The summed E-state index contributed by atoms with van der Waals surface area (Å²) in [4.78, 5) is 31.0. The Labute approximate surface area is 171 Å². The molecule has 1 saturated heterocycles. The lowest BCUT2D eigenvalue weighted by molar-refractivity contribution is -0.121. The molecule has 1 aromatic carbocycles. The second kappa shape index (κ2) is 7.81. The van der Waals surface area contributed by atoms with Crippen LogP contribution in [0.4, 0.5) is 14.5 Å². The summed E-state index contributed by atoms with van der Waals surface area (Å²) in [6.45, 7) is 2.53. The van der Waals surface area contributed by atoms with Gasteiger partial charge >= 0.3 is 0 Å². The zero-order valence-corrected chi connectivity index (χ0v) is 16.7. The number of nitrogens with one attached hydrogen (secondary N) is 1. The molecule has 2 amide bonds. The molecule has 0 saturated carbocycles. The number of aryl methyl sites for hydroxylation is 2. The summed E-state index contributed by atoms with van der Waals surface area (Å²) in [7, 11) is 1.81. The third-order valence-corrected chi connectivity index (χ3v) is 5.45. The average Bonchev–Trinajstić information content (AvgIpc) is 3.01. The smallest absolute Gasteiger partial charge is 0.256 e. The van der Waals surface area contributed by atoms with Crippen LogP contribution in [0.25, 0.3) is 11.0 Å². The normalized spacial score (nSPS) is 14.9. The Hall–Kier alpha value is -3.36. The second-order valence-corrected chi connectivity index (χ2v) is 7.48. The highest BCUT2D eigenvalue weighted by atomic mass is 19.1. The first kappa shape index (κ1) is 19.9. The third-order valence-electron chi connectivity index (χ3n) is 5.45. The molecule has 30 heavy (non-hydrogen) atoms. The minimum absolute atomic E-state index is 0.141. The van der Waals surface area contributed by atoms with E-state index in [1.807, 2.05) is 20.0 Å². The van der Waals surface area contributed by atoms with Crippen molar-refractivity contribution in [1.29, 1.82) is 0 Å². The quantitative estimate of drug-likeness (QED) is 0.716. The molecule has 0 radical (unpaired) electrons.